The van der Waals surface area contributed by atoms with Crippen LogP contribution in [0.25, 0.3) is 0 Å². The molecule has 0 spiro atoms. The zero-order chi connectivity index (χ0) is 11.7. The highest BCUT2D eigenvalue weighted by Gasteiger charge is 2.43. The molecule has 3 nitrogen and oxygen atoms in total. The number of aliphatic hydroxyl groups is 1. The first kappa shape index (κ1) is 12.3. The monoisotopic (exact) mass is 228 g/mol. The van der Waals surface area contributed by atoms with Crippen LogP contribution < -0.4 is 0 Å². The summed E-state index contributed by atoms with van der Waals surface area (Å²) in [7, 11) is 0. The fraction of sp³-hybridized carbons (Fsp3) is 1.00. The third-order valence-corrected chi connectivity index (χ3v) is 4.46. The number of ether oxygens (including phenoxy) is 2. The molecule has 2 heterocycles. The van der Waals surface area contributed by atoms with Gasteiger partial charge in [-0.3, -0.25) is 0 Å². The van der Waals surface area contributed by atoms with Gasteiger partial charge in [-0.15, -0.1) is 0 Å². The largest absolute Gasteiger partial charge is 0.392 e. The zero-order valence-corrected chi connectivity index (χ0v) is 10.6. The Labute approximate surface area is 98.1 Å². The molecule has 2 aliphatic rings. The molecule has 0 aromatic heterocycles. The molecule has 5 unspecified atom stereocenters. The fourth-order valence-corrected chi connectivity index (χ4v) is 3.25. The smallest absolute Gasteiger partial charge is 0.0626 e. The van der Waals surface area contributed by atoms with Gasteiger partial charge in [0.25, 0.3) is 0 Å². The van der Waals surface area contributed by atoms with Gasteiger partial charge in [-0.2, -0.15) is 0 Å². The average Bonchev–Trinajstić information content (AvgIpc) is 2.54. The first-order chi connectivity index (χ1) is 7.61. The first-order valence-corrected chi connectivity index (χ1v) is 6.52. The van der Waals surface area contributed by atoms with Crippen molar-refractivity contribution in [3.63, 3.8) is 0 Å². The summed E-state index contributed by atoms with van der Waals surface area (Å²) < 4.78 is 11.2. The van der Waals surface area contributed by atoms with E-state index in [2.05, 4.69) is 20.8 Å². The molecule has 5 atom stereocenters. The lowest BCUT2D eigenvalue weighted by molar-refractivity contribution is -0.0391. The van der Waals surface area contributed by atoms with Crippen molar-refractivity contribution in [1.29, 1.82) is 0 Å². The van der Waals surface area contributed by atoms with Gasteiger partial charge < -0.3 is 14.6 Å². The molecule has 0 radical (unpaired) electrons. The molecule has 0 bridgehead atoms. The molecule has 2 aliphatic heterocycles. The van der Waals surface area contributed by atoms with Crippen molar-refractivity contribution in [2.24, 2.45) is 17.8 Å². The summed E-state index contributed by atoms with van der Waals surface area (Å²) >= 11 is 0. The van der Waals surface area contributed by atoms with Gasteiger partial charge in [0.15, 0.2) is 0 Å². The van der Waals surface area contributed by atoms with Gasteiger partial charge in [-0.05, 0) is 38.5 Å². The Morgan fingerprint density at radius 3 is 2.19 bits per heavy atom. The molecule has 0 aromatic rings. The summed E-state index contributed by atoms with van der Waals surface area (Å²) in [6.07, 6.45) is 2.22. The second kappa shape index (κ2) is 5.03. The molecule has 0 aliphatic carbocycles. The predicted molar refractivity (Wildman–Crippen MR) is 62.2 cm³/mol. The standard InChI is InChI=1S/C13H24O3/c1-8-9(2)16-10(3)12(8)13(14)11-4-6-15-7-5-11/h8-14H,4-7H2,1-3H3. The molecule has 2 fully saturated rings. The Kier molecular flexibility index (Phi) is 3.88. The Balaban J connectivity index is 1.99. The SMILES string of the molecule is CC1OC(C)C(C(O)C2CCOCC2)C1C. The molecular formula is C13H24O3. The normalized spacial score (nSPS) is 43.5. The molecule has 0 aromatic carbocycles. The lowest BCUT2D eigenvalue weighted by Crippen LogP contribution is -2.39. The topological polar surface area (TPSA) is 38.7 Å². The van der Waals surface area contributed by atoms with Crippen LogP contribution in [-0.2, 0) is 9.47 Å². The van der Waals surface area contributed by atoms with E-state index in [1.807, 2.05) is 0 Å². The van der Waals surface area contributed by atoms with Crippen molar-refractivity contribution < 1.29 is 14.6 Å². The van der Waals surface area contributed by atoms with E-state index in [1.54, 1.807) is 0 Å². The van der Waals surface area contributed by atoms with Gasteiger partial charge in [-0.25, -0.2) is 0 Å². The van der Waals surface area contributed by atoms with Gasteiger partial charge in [-0.1, -0.05) is 6.92 Å². The molecule has 16 heavy (non-hydrogen) atoms. The van der Waals surface area contributed by atoms with Crippen LogP contribution in [0, 0.1) is 17.8 Å². The molecular weight excluding hydrogens is 204 g/mol. The van der Waals surface area contributed by atoms with Gasteiger partial charge in [0.2, 0.25) is 0 Å². The molecule has 1 N–H and O–H groups in total. The molecule has 94 valence electrons. The van der Waals surface area contributed by atoms with E-state index in [4.69, 9.17) is 9.47 Å². The van der Waals surface area contributed by atoms with E-state index in [0.717, 1.165) is 26.1 Å². The zero-order valence-electron chi connectivity index (χ0n) is 10.6. The van der Waals surface area contributed by atoms with Crippen LogP contribution in [0.15, 0.2) is 0 Å². The van der Waals surface area contributed by atoms with Gasteiger partial charge in [0, 0.05) is 19.1 Å². The Morgan fingerprint density at radius 1 is 1.06 bits per heavy atom. The summed E-state index contributed by atoms with van der Waals surface area (Å²) in [5.74, 6) is 1.14. The van der Waals surface area contributed by atoms with Crippen molar-refractivity contribution in [1.82, 2.24) is 0 Å². The Morgan fingerprint density at radius 2 is 1.69 bits per heavy atom. The van der Waals surface area contributed by atoms with Crippen LogP contribution in [0.2, 0.25) is 0 Å². The van der Waals surface area contributed by atoms with E-state index in [1.165, 1.54) is 0 Å². The molecule has 2 saturated heterocycles. The number of aliphatic hydroxyl groups excluding tert-OH is 1. The van der Waals surface area contributed by atoms with Gasteiger partial charge in [0.1, 0.15) is 0 Å². The van der Waals surface area contributed by atoms with Crippen LogP contribution in [0.4, 0.5) is 0 Å². The molecule has 0 amide bonds. The van der Waals surface area contributed by atoms with E-state index in [-0.39, 0.29) is 24.2 Å². The van der Waals surface area contributed by atoms with Crippen molar-refractivity contribution in [2.45, 2.75) is 51.9 Å². The van der Waals surface area contributed by atoms with Crippen molar-refractivity contribution in [2.75, 3.05) is 13.2 Å². The van der Waals surface area contributed by atoms with E-state index >= 15 is 0 Å². The second-order valence-electron chi connectivity index (χ2n) is 5.42. The summed E-state index contributed by atoms with van der Waals surface area (Å²) in [6.45, 7) is 7.99. The van der Waals surface area contributed by atoms with Crippen LogP contribution >= 0.6 is 0 Å². The highest BCUT2D eigenvalue weighted by Crippen LogP contribution is 2.38. The van der Waals surface area contributed by atoms with E-state index in [9.17, 15) is 5.11 Å². The highest BCUT2D eigenvalue weighted by atomic mass is 16.5. The molecule has 2 rings (SSSR count). The minimum Gasteiger partial charge on any atom is -0.392 e. The predicted octanol–water partition coefficient (Wildman–Crippen LogP) is 1.83. The maximum Gasteiger partial charge on any atom is 0.0626 e. The summed E-state index contributed by atoms with van der Waals surface area (Å²) in [6, 6.07) is 0. The van der Waals surface area contributed by atoms with Crippen LogP contribution in [-0.4, -0.2) is 36.6 Å². The van der Waals surface area contributed by atoms with Gasteiger partial charge >= 0.3 is 0 Å². The van der Waals surface area contributed by atoms with Crippen LogP contribution in [0.1, 0.15) is 33.6 Å². The first-order valence-electron chi connectivity index (χ1n) is 6.52. The van der Waals surface area contributed by atoms with Crippen LogP contribution in [0.5, 0.6) is 0 Å². The number of rotatable bonds is 2. The van der Waals surface area contributed by atoms with Crippen molar-refractivity contribution in [3.8, 4) is 0 Å². The Bertz CT molecular complexity index is 225. The molecule has 0 saturated carbocycles. The average molecular weight is 228 g/mol. The quantitative estimate of drug-likeness (QED) is 0.783. The fourth-order valence-electron chi connectivity index (χ4n) is 3.25. The summed E-state index contributed by atoms with van der Waals surface area (Å²) in [5.41, 5.74) is 0. The third kappa shape index (κ3) is 2.27. The number of hydrogen-bond acceptors (Lipinski definition) is 3. The summed E-state index contributed by atoms with van der Waals surface area (Å²) in [5, 5.41) is 10.5. The lowest BCUT2D eigenvalue weighted by atomic mass is 9.77. The van der Waals surface area contributed by atoms with Crippen LogP contribution in [0.3, 0.4) is 0 Å². The van der Waals surface area contributed by atoms with E-state index in [0.29, 0.717) is 11.8 Å². The van der Waals surface area contributed by atoms with Crippen molar-refractivity contribution >= 4 is 0 Å². The molecule has 3 heteroatoms. The maximum atomic E-state index is 10.5. The highest BCUT2D eigenvalue weighted by molar-refractivity contribution is 4.91. The van der Waals surface area contributed by atoms with Gasteiger partial charge in [0.05, 0.1) is 18.3 Å². The summed E-state index contributed by atoms with van der Waals surface area (Å²) in [4.78, 5) is 0. The third-order valence-electron chi connectivity index (χ3n) is 4.46. The minimum absolute atomic E-state index is 0.183. The van der Waals surface area contributed by atoms with E-state index < -0.39 is 0 Å². The minimum atomic E-state index is -0.223. The van der Waals surface area contributed by atoms with Crippen molar-refractivity contribution in [3.05, 3.63) is 0 Å². The number of hydrogen-bond donors (Lipinski definition) is 1. The maximum absolute atomic E-state index is 10.5. The second-order valence-corrected chi connectivity index (χ2v) is 5.42. The lowest BCUT2D eigenvalue weighted by Gasteiger charge is -2.33. The Hall–Kier alpha value is -0.120.